The van der Waals surface area contributed by atoms with Crippen molar-refractivity contribution in [3.63, 3.8) is 0 Å². The Bertz CT molecular complexity index is 1370. The van der Waals surface area contributed by atoms with E-state index in [4.69, 9.17) is 23.2 Å². The molecule has 0 aliphatic carbocycles. The molecule has 0 saturated heterocycles. The van der Waals surface area contributed by atoms with Gasteiger partial charge in [0.2, 0.25) is 5.91 Å². The second-order valence-corrected chi connectivity index (χ2v) is 10.5. The normalized spacial score (nSPS) is 11.2. The van der Waals surface area contributed by atoms with E-state index in [1.807, 2.05) is 73.5 Å². The maximum atomic E-state index is 13.7. The highest BCUT2D eigenvalue weighted by molar-refractivity contribution is 6.36. The van der Waals surface area contributed by atoms with Gasteiger partial charge in [-0.15, -0.1) is 0 Å². The van der Waals surface area contributed by atoms with Crippen LogP contribution in [0.5, 0.6) is 0 Å². The Balaban J connectivity index is 1.55. The number of hydrogen-bond donors (Lipinski definition) is 1. The molecule has 7 heteroatoms. The van der Waals surface area contributed by atoms with Crippen molar-refractivity contribution in [1.82, 2.24) is 14.8 Å². The second kappa shape index (κ2) is 12.3. The number of amides is 2. The van der Waals surface area contributed by atoms with Crippen LogP contribution in [0, 0.1) is 5.92 Å². The minimum absolute atomic E-state index is 0.0311. The average molecular weight is 537 g/mol. The summed E-state index contributed by atoms with van der Waals surface area (Å²) in [6.07, 6.45) is 2.71. The summed E-state index contributed by atoms with van der Waals surface area (Å²) in [6.45, 7) is 5.44. The molecular weight excluding hydrogens is 505 g/mol. The summed E-state index contributed by atoms with van der Waals surface area (Å²) < 4.78 is 0. The molecule has 2 amide bonds. The Hall–Kier alpha value is -3.28. The number of aromatic amines is 1. The van der Waals surface area contributed by atoms with Crippen molar-refractivity contribution < 1.29 is 9.59 Å². The molecule has 1 N–H and O–H groups in total. The predicted molar refractivity (Wildman–Crippen MR) is 151 cm³/mol. The van der Waals surface area contributed by atoms with E-state index in [-0.39, 0.29) is 29.3 Å². The van der Waals surface area contributed by atoms with Crippen molar-refractivity contribution in [3.8, 4) is 0 Å². The Morgan fingerprint density at radius 1 is 0.919 bits per heavy atom. The maximum Gasteiger partial charge on any atom is 0.255 e. The Kier molecular flexibility index (Phi) is 8.91. The van der Waals surface area contributed by atoms with E-state index in [0.29, 0.717) is 36.6 Å². The minimum Gasteiger partial charge on any atom is -0.361 e. The van der Waals surface area contributed by atoms with Gasteiger partial charge in [-0.3, -0.25) is 9.59 Å². The van der Waals surface area contributed by atoms with Crippen LogP contribution in [0.4, 0.5) is 0 Å². The number of H-pyrrole nitrogens is 1. The van der Waals surface area contributed by atoms with Crippen molar-refractivity contribution in [2.45, 2.75) is 26.8 Å². The smallest absolute Gasteiger partial charge is 0.255 e. The van der Waals surface area contributed by atoms with Gasteiger partial charge in [0.05, 0.1) is 10.6 Å². The number of fused-ring (bicyclic) bond motifs is 1. The molecule has 0 aliphatic rings. The molecule has 3 aromatic carbocycles. The Labute approximate surface area is 228 Å². The third-order valence-electron chi connectivity index (χ3n) is 6.26. The van der Waals surface area contributed by atoms with Crippen molar-refractivity contribution in [1.29, 1.82) is 0 Å². The summed E-state index contributed by atoms with van der Waals surface area (Å²) in [7, 11) is 0. The molecule has 0 bridgehead atoms. The number of nitrogens with one attached hydrogen (secondary N) is 1. The number of carbonyl (C=O) groups excluding carboxylic acids is 2. The molecule has 0 aliphatic heterocycles. The first-order chi connectivity index (χ1) is 17.8. The molecule has 0 fully saturated rings. The number of aromatic nitrogens is 1. The summed E-state index contributed by atoms with van der Waals surface area (Å²) >= 11 is 12.4. The molecule has 1 heterocycles. The quantitative estimate of drug-likeness (QED) is 0.241. The molecule has 0 unspecified atom stereocenters. The molecule has 4 aromatic rings. The van der Waals surface area contributed by atoms with E-state index < -0.39 is 0 Å². The van der Waals surface area contributed by atoms with Crippen LogP contribution in [-0.4, -0.2) is 46.2 Å². The van der Waals surface area contributed by atoms with Crippen LogP contribution in [0.25, 0.3) is 10.9 Å². The summed E-state index contributed by atoms with van der Waals surface area (Å²) in [4.78, 5) is 33.9. The molecule has 4 rings (SSSR count). The predicted octanol–water partition coefficient (Wildman–Crippen LogP) is 6.84. The fraction of sp³-hybridized carbons (Fsp3) is 0.267. The Morgan fingerprint density at radius 2 is 1.65 bits per heavy atom. The van der Waals surface area contributed by atoms with Gasteiger partial charge in [-0.1, -0.05) is 85.6 Å². The van der Waals surface area contributed by atoms with Gasteiger partial charge in [0.1, 0.15) is 6.54 Å². The van der Waals surface area contributed by atoms with E-state index >= 15 is 0 Å². The number of para-hydroxylation sites is 1. The third kappa shape index (κ3) is 6.94. The highest BCUT2D eigenvalue weighted by Crippen LogP contribution is 2.23. The minimum atomic E-state index is -0.278. The van der Waals surface area contributed by atoms with Crippen LogP contribution >= 0.6 is 23.2 Å². The zero-order valence-corrected chi connectivity index (χ0v) is 22.6. The van der Waals surface area contributed by atoms with Crippen LogP contribution in [0.2, 0.25) is 10.0 Å². The van der Waals surface area contributed by atoms with E-state index in [2.05, 4.69) is 11.1 Å². The van der Waals surface area contributed by atoms with Gasteiger partial charge < -0.3 is 14.8 Å². The molecule has 37 heavy (non-hydrogen) atoms. The van der Waals surface area contributed by atoms with Gasteiger partial charge >= 0.3 is 0 Å². The van der Waals surface area contributed by atoms with Crippen LogP contribution in [0.1, 0.15) is 35.3 Å². The van der Waals surface area contributed by atoms with Gasteiger partial charge in [-0.25, -0.2) is 0 Å². The van der Waals surface area contributed by atoms with Gasteiger partial charge in [0.25, 0.3) is 5.91 Å². The largest absolute Gasteiger partial charge is 0.361 e. The Morgan fingerprint density at radius 3 is 2.38 bits per heavy atom. The molecule has 1 aromatic heterocycles. The number of halogens is 2. The van der Waals surface area contributed by atoms with E-state index in [1.54, 1.807) is 23.1 Å². The lowest BCUT2D eigenvalue weighted by Crippen LogP contribution is -2.44. The first kappa shape index (κ1) is 26.8. The van der Waals surface area contributed by atoms with Crippen molar-refractivity contribution in [2.24, 2.45) is 5.92 Å². The lowest BCUT2D eigenvalue weighted by molar-refractivity contribution is -0.132. The van der Waals surface area contributed by atoms with E-state index in [1.165, 1.54) is 0 Å². The molecule has 192 valence electrons. The summed E-state index contributed by atoms with van der Waals surface area (Å²) in [5.74, 6) is -0.209. The monoisotopic (exact) mass is 535 g/mol. The highest BCUT2D eigenvalue weighted by Gasteiger charge is 2.25. The number of benzene rings is 3. The molecule has 0 atom stereocenters. The van der Waals surface area contributed by atoms with Gasteiger partial charge in [-0.2, -0.15) is 0 Å². The summed E-state index contributed by atoms with van der Waals surface area (Å²) in [5, 5.41) is 1.89. The number of hydrogen-bond acceptors (Lipinski definition) is 2. The first-order valence-electron chi connectivity index (χ1n) is 12.4. The lowest BCUT2D eigenvalue weighted by atomic mass is 10.1. The van der Waals surface area contributed by atoms with Crippen LogP contribution < -0.4 is 0 Å². The molecule has 0 saturated carbocycles. The van der Waals surface area contributed by atoms with Gasteiger partial charge in [0.15, 0.2) is 0 Å². The zero-order chi connectivity index (χ0) is 26.4. The fourth-order valence-corrected chi connectivity index (χ4v) is 4.94. The SMILES string of the molecule is CC(C)CN(CC(=O)N(CCc1c[nH]c2ccccc12)Cc1ccccc1)C(=O)c1ccc(Cl)cc1Cl. The fourth-order valence-electron chi connectivity index (χ4n) is 4.45. The summed E-state index contributed by atoms with van der Waals surface area (Å²) in [6, 6.07) is 22.9. The van der Waals surface area contributed by atoms with Crippen molar-refractivity contribution in [2.75, 3.05) is 19.6 Å². The molecular formula is C30H31Cl2N3O2. The van der Waals surface area contributed by atoms with Crippen molar-refractivity contribution >= 4 is 45.9 Å². The lowest BCUT2D eigenvalue weighted by Gasteiger charge is -2.29. The van der Waals surface area contributed by atoms with Crippen LogP contribution in [-0.2, 0) is 17.8 Å². The van der Waals surface area contributed by atoms with Crippen molar-refractivity contribution in [3.05, 3.63) is 106 Å². The average Bonchev–Trinajstić information content (AvgIpc) is 3.29. The third-order valence-corrected chi connectivity index (χ3v) is 6.80. The molecule has 5 nitrogen and oxygen atoms in total. The van der Waals surface area contributed by atoms with E-state index in [0.717, 1.165) is 22.0 Å². The molecule has 0 spiro atoms. The first-order valence-corrected chi connectivity index (χ1v) is 13.2. The topological polar surface area (TPSA) is 56.4 Å². The van der Waals surface area contributed by atoms with Gasteiger partial charge in [-0.05, 0) is 47.7 Å². The number of carbonyl (C=O) groups is 2. The zero-order valence-electron chi connectivity index (χ0n) is 21.1. The number of nitrogens with zero attached hydrogens (tertiary/aromatic N) is 2. The highest BCUT2D eigenvalue weighted by atomic mass is 35.5. The molecule has 0 radical (unpaired) electrons. The maximum absolute atomic E-state index is 13.7. The van der Waals surface area contributed by atoms with Gasteiger partial charge in [0, 0.05) is 41.8 Å². The number of rotatable bonds is 10. The second-order valence-electron chi connectivity index (χ2n) is 9.61. The summed E-state index contributed by atoms with van der Waals surface area (Å²) in [5.41, 5.74) is 3.61. The van der Waals surface area contributed by atoms with Crippen LogP contribution in [0.3, 0.4) is 0 Å². The standard InChI is InChI=1S/C30H31Cl2N3O2/c1-21(2)18-35(30(37)26-13-12-24(31)16-27(26)32)20-29(36)34(19-22-8-4-3-5-9-22)15-14-23-17-33-28-11-7-6-10-25(23)28/h3-13,16-17,21,33H,14-15,18-20H2,1-2H3. The van der Waals surface area contributed by atoms with E-state index in [9.17, 15) is 9.59 Å². The van der Waals surface area contributed by atoms with Crippen LogP contribution in [0.15, 0.2) is 79.0 Å².